The molecular weight excluding hydrogens is 200 g/mol. The highest BCUT2D eigenvalue weighted by Gasteiger charge is 2.03. The topological polar surface area (TPSA) is 59.1 Å². The molecule has 0 saturated carbocycles. The van der Waals surface area contributed by atoms with Crippen molar-refractivity contribution in [2.75, 3.05) is 6.61 Å². The van der Waals surface area contributed by atoms with E-state index < -0.39 is 0 Å². The summed E-state index contributed by atoms with van der Waals surface area (Å²) in [5, 5.41) is 7.34. The summed E-state index contributed by atoms with van der Waals surface area (Å²) >= 11 is 0. The van der Waals surface area contributed by atoms with Gasteiger partial charge in [-0.15, -0.1) is 0 Å². The predicted molar refractivity (Wildman–Crippen MR) is 67.0 cm³/mol. The zero-order valence-corrected chi connectivity index (χ0v) is 9.99. The number of nitrogen functional groups attached to an aromatic ring is 1. The van der Waals surface area contributed by atoms with Gasteiger partial charge in [0.25, 0.3) is 0 Å². The zero-order chi connectivity index (χ0) is 12.0. The molecular formula is C13H20N2O. The van der Waals surface area contributed by atoms with Crippen LogP contribution in [0.2, 0.25) is 0 Å². The van der Waals surface area contributed by atoms with E-state index in [2.05, 4.69) is 13.8 Å². The first-order valence-corrected chi connectivity index (χ1v) is 5.70. The van der Waals surface area contributed by atoms with Crippen molar-refractivity contribution in [2.24, 2.45) is 11.7 Å². The molecule has 1 atom stereocenters. The van der Waals surface area contributed by atoms with Crippen LogP contribution < -0.4 is 10.5 Å². The van der Waals surface area contributed by atoms with Gasteiger partial charge in [-0.2, -0.15) is 0 Å². The molecule has 0 amide bonds. The van der Waals surface area contributed by atoms with Crippen LogP contribution in [-0.4, -0.2) is 12.4 Å². The molecule has 1 aromatic rings. The highest BCUT2D eigenvalue weighted by molar-refractivity contribution is 5.95. The highest BCUT2D eigenvalue weighted by Crippen LogP contribution is 2.15. The molecule has 0 fully saturated rings. The summed E-state index contributed by atoms with van der Waals surface area (Å²) in [4.78, 5) is 0. The lowest BCUT2D eigenvalue weighted by Gasteiger charge is -2.12. The minimum absolute atomic E-state index is 0.0760. The summed E-state index contributed by atoms with van der Waals surface area (Å²) in [5.41, 5.74) is 6.12. The first-order valence-electron chi connectivity index (χ1n) is 5.70. The summed E-state index contributed by atoms with van der Waals surface area (Å²) in [6.07, 6.45) is 2.35. The molecule has 3 heteroatoms. The molecule has 3 N–H and O–H groups in total. The molecule has 88 valence electrons. The van der Waals surface area contributed by atoms with Crippen LogP contribution in [0.15, 0.2) is 24.3 Å². The molecule has 0 spiro atoms. The van der Waals surface area contributed by atoms with Crippen LogP contribution in [0.4, 0.5) is 0 Å². The standard InChI is InChI=1S/C13H20N2O/c1-3-5-10(2)9-16-12-7-4-6-11(8-12)13(14)15/h4,6-8,10H,3,5,9H2,1-2H3,(H3,14,15). The molecule has 0 aliphatic heterocycles. The van der Waals surface area contributed by atoms with Gasteiger partial charge in [-0.1, -0.05) is 32.4 Å². The zero-order valence-electron chi connectivity index (χ0n) is 9.99. The van der Waals surface area contributed by atoms with Gasteiger partial charge in [-0.05, 0) is 24.5 Å². The van der Waals surface area contributed by atoms with Crippen molar-refractivity contribution in [1.82, 2.24) is 0 Å². The fourth-order valence-electron chi connectivity index (χ4n) is 1.57. The number of hydrogen-bond donors (Lipinski definition) is 2. The predicted octanol–water partition coefficient (Wildman–Crippen LogP) is 2.79. The Hall–Kier alpha value is -1.51. The quantitative estimate of drug-likeness (QED) is 0.572. The van der Waals surface area contributed by atoms with Crippen molar-refractivity contribution in [1.29, 1.82) is 5.41 Å². The average molecular weight is 220 g/mol. The minimum atomic E-state index is 0.0760. The third-order valence-corrected chi connectivity index (χ3v) is 2.46. The summed E-state index contributed by atoms with van der Waals surface area (Å²) in [5.74, 6) is 1.42. The molecule has 0 aromatic heterocycles. The van der Waals surface area contributed by atoms with E-state index in [1.807, 2.05) is 18.2 Å². The average Bonchev–Trinajstić information content (AvgIpc) is 2.27. The van der Waals surface area contributed by atoms with Gasteiger partial charge < -0.3 is 10.5 Å². The second-order valence-electron chi connectivity index (χ2n) is 4.15. The second kappa shape index (κ2) is 6.16. The molecule has 1 aromatic carbocycles. The van der Waals surface area contributed by atoms with E-state index in [0.717, 1.165) is 12.4 Å². The van der Waals surface area contributed by atoms with Crippen molar-refractivity contribution < 1.29 is 4.74 Å². The van der Waals surface area contributed by atoms with Gasteiger partial charge >= 0.3 is 0 Å². The summed E-state index contributed by atoms with van der Waals surface area (Å²) < 4.78 is 5.66. The van der Waals surface area contributed by atoms with Crippen LogP contribution in [0.1, 0.15) is 32.3 Å². The Bertz CT molecular complexity index is 350. The molecule has 0 aliphatic rings. The number of ether oxygens (including phenoxy) is 1. The first kappa shape index (κ1) is 12.6. The van der Waals surface area contributed by atoms with E-state index in [1.54, 1.807) is 6.07 Å². The van der Waals surface area contributed by atoms with E-state index in [-0.39, 0.29) is 5.84 Å². The molecule has 0 radical (unpaired) electrons. The lowest BCUT2D eigenvalue weighted by molar-refractivity contribution is 0.251. The van der Waals surface area contributed by atoms with Crippen molar-refractivity contribution in [3.8, 4) is 5.75 Å². The Morgan fingerprint density at radius 1 is 1.50 bits per heavy atom. The summed E-state index contributed by atoms with van der Waals surface area (Å²) in [7, 11) is 0. The van der Waals surface area contributed by atoms with Crippen molar-refractivity contribution in [3.05, 3.63) is 29.8 Å². The van der Waals surface area contributed by atoms with Gasteiger partial charge in [-0.3, -0.25) is 5.41 Å². The van der Waals surface area contributed by atoms with E-state index >= 15 is 0 Å². The SMILES string of the molecule is CCCC(C)COc1cccc(C(=N)N)c1. The van der Waals surface area contributed by atoms with Gasteiger partial charge in [0.1, 0.15) is 11.6 Å². The minimum Gasteiger partial charge on any atom is -0.493 e. The van der Waals surface area contributed by atoms with Crippen LogP contribution in [0.3, 0.4) is 0 Å². The molecule has 0 bridgehead atoms. The second-order valence-corrected chi connectivity index (χ2v) is 4.15. The summed E-state index contributed by atoms with van der Waals surface area (Å²) in [6.45, 7) is 5.07. The molecule has 0 saturated heterocycles. The smallest absolute Gasteiger partial charge is 0.122 e. The lowest BCUT2D eigenvalue weighted by Crippen LogP contribution is -2.12. The molecule has 0 aliphatic carbocycles. The fourth-order valence-corrected chi connectivity index (χ4v) is 1.57. The van der Waals surface area contributed by atoms with Gasteiger partial charge in [0.05, 0.1) is 6.61 Å². The largest absolute Gasteiger partial charge is 0.493 e. The molecule has 16 heavy (non-hydrogen) atoms. The van der Waals surface area contributed by atoms with Crippen LogP contribution in [0.25, 0.3) is 0 Å². The maximum Gasteiger partial charge on any atom is 0.122 e. The number of amidine groups is 1. The van der Waals surface area contributed by atoms with Gasteiger partial charge in [0.15, 0.2) is 0 Å². The van der Waals surface area contributed by atoms with Crippen LogP contribution in [-0.2, 0) is 0 Å². The van der Waals surface area contributed by atoms with Crippen molar-refractivity contribution in [2.45, 2.75) is 26.7 Å². The van der Waals surface area contributed by atoms with Gasteiger partial charge in [-0.25, -0.2) is 0 Å². The monoisotopic (exact) mass is 220 g/mol. The van der Waals surface area contributed by atoms with Crippen LogP contribution in [0.5, 0.6) is 5.75 Å². The Kier molecular flexibility index (Phi) is 4.83. The molecule has 3 nitrogen and oxygen atoms in total. The summed E-state index contributed by atoms with van der Waals surface area (Å²) in [6, 6.07) is 7.37. The van der Waals surface area contributed by atoms with Gasteiger partial charge in [0.2, 0.25) is 0 Å². The van der Waals surface area contributed by atoms with E-state index in [1.165, 1.54) is 12.8 Å². The normalized spacial score (nSPS) is 12.1. The van der Waals surface area contributed by atoms with Gasteiger partial charge in [0, 0.05) is 5.56 Å². The number of hydrogen-bond acceptors (Lipinski definition) is 2. The number of nitrogens with two attached hydrogens (primary N) is 1. The number of rotatable bonds is 6. The maximum atomic E-state index is 7.34. The molecule has 1 unspecified atom stereocenters. The maximum absolute atomic E-state index is 7.34. The Labute approximate surface area is 97.1 Å². The molecule has 0 heterocycles. The Balaban J connectivity index is 2.54. The van der Waals surface area contributed by atoms with E-state index in [0.29, 0.717) is 11.5 Å². The van der Waals surface area contributed by atoms with E-state index in [4.69, 9.17) is 15.9 Å². The van der Waals surface area contributed by atoms with Crippen LogP contribution in [0, 0.1) is 11.3 Å². The fraction of sp³-hybridized carbons (Fsp3) is 0.462. The highest BCUT2D eigenvalue weighted by atomic mass is 16.5. The third-order valence-electron chi connectivity index (χ3n) is 2.46. The third kappa shape index (κ3) is 3.93. The lowest BCUT2D eigenvalue weighted by atomic mass is 10.1. The van der Waals surface area contributed by atoms with Crippen LogP contribution >= 0.6 is 0 Å². The van der Waals surface area contributed by atoms with E-state index in [9.17, 15) is 0 Å². The number of benzene rings is 1. The number of nitrogens with one attached hydrogen (secondary N) is 1. The Morgan fingerprint density at radius 3 is 2.88 bits per heavy atom. The first-order chi connectivity index (χ1) is 7.63. The van der Waals surface area contributed by atoms with Crippen molar-refractivity contribution in [3.63, 3.8) is 0 Å². The Morgan fingerprint density at radius 2 is 2.25 bits per heavy atom. The van der Waals surface area contributed by atoms with Crippen molar-refractivity contribution >= 4 is 5.84 Å². The molecule has 1 rings (SSSR count).